The molecule has 0 radical (unpaired) electrons. The van der Waals surface area contributed by atoms with Crippen molar-refractivity contribution in [1.29, 1.82) is 5.26 Å². The lowest BCUT2D eigenvalue weighted by molar-refractivity contribution is 0.475. The SMILES string of the molecule is Cl.N#Cc1ccc(-c2ccc3ncccc3c2)c(-c2cc(F)cc(F)c2)c1O. The van der Waals surface area contributed by atoms with Gasteiger partial charge in [-0.25, -0.2) is 8.78 Å². The van der Waals surface area contributed by atoms with Crippen LogP contribution < -0.4 is 0 Å². The van der Waals surface area contributed by atoms with Crippen LogP contribution in [0.25, 0.3) is 33.2 Å². The number of hydrogen-bond acceptors (Lipinski definition) is 3. The summed E-state index contributed by atoms with van der Waals surface area (Å²) >= 11 is 0. The van der Waals surface area contributed by atoms with Gasteiger partial charge in [-0.3, -0.25) is 4.98 Å². The largest absolute Gasteiger partial charge is 0.506 e. The van der Waals surface area contributed by atoms with Crippen molar-refractivity contribution in [2.45, 2.75) is 0 Å². The van der Waals surface area contributed by atoms with Gasteiger partial charge < -0.3 is 5.11 Å². The van der Waals surface area contributed by atoms with E-state index in [9.17, 15) is 19.1 Å². The highest BCUT2D eigenvalue weighted by Gasteiger charge is 2.17. The zero-order valence-electron chi connectivity index (χ0n) is 14.4. The lowest BCUT2D eigenvalue weighted by atomic mass is 9.91. The third-order valence-corrected chi connectivity index (χ3v) is 4.36. The van der Waals surface area contributed by atoms with Crippen molar-refractivity contribution in [2.75, 3.05) is 0 Å². The van der Waals surface area contributed by atoms with Gasteiger partial charge >= 0.3 is 0 Å². The highest BCUT2D eigenvalue weighted by Crippen LogP contribution is 2.41. The van der Waals surface area contributed by atoms with Gasteiger partial charge in [0.2, 0.25) is 0 Å². The maximum Gasteiger partial charge on any atom is 0.141 e. The average molecular weight is 395 g/mol. The quantitative estimate of drug-likeness (QED) is 0.464. The molecule has 6 heteroatoms. The molecule has 0 saturated carbocycles. The monoisotopic (exact) mass is 394 g/mol. The summed E-state index contributed by atoms with van der Waals surface area (Å²) < 4.78 is 27.6. The van der Waals surface area contributed by atoms with Crippen LogP contribution in [-0.2, 0) is 0 Å². The minimum absolute atomic E-state index is 0. The Morgan fingerprint density at radius 3 is 2.36 bits per heavy atom. The van der Waals surface area contributed by atoms with Crippen molar-refractivity contribution in [3.05, 3.63) is 84.1 Å². The van der Waals surface area contributed by atoms with Crippen molar-refractivity contribution in [3.63, 3.8) is 0 Å². The first-order valence-corrected chi connectivity index (χ1v) is 8.14. The molecule has 1 heterocycles. The summed E-state index contributed by atoms with van der Waals surface area (Å²) in [5.74, 6) is -1.84. The number of benzene rings is 3. The Hall–Kier alpha value is -3.49. The summed E-state index contributed by atoms with van der Waals surface area (Å²) in [6.07, 6.45) is 1.69. The van der Waals surface area contributed by atoms with Gasteiger partial charge in [-0.2, -0.15) is 5.26 Å². The number of rotatable bonds is 2. The van der Waals surface area contributed by atoms with Crippen LogP contribution in [0.5, 0.6) is 5.75 Å². The Morgan fingerprint density at radius 2 is 1.64 bits per heavy atom. The molecule has 138 valence electrons. The number of phenols is 1. The molecule has 0 unspecified atom stereocenters. The number of aromatic nitrogens is 1. The summed E-state index contributed by atoms with van der Waals surface area (Å²) in [4.78, 5) is 4.27. The van der Waals surface area contributed by atoms with E-state index in [1.807, 2.05) is 36.4 Å². The molecule has 0 spiro atoms. The normalized spacial score (nSPS) is 10.3. The predicted octanol–water partition coefficient (Wildman–Crippen LogP) is 5.85. The van der Waals surface area contributed by atoms with Gasteiger partial charge in [0.1, 0.15) is 23.5 Å². The van der Waals surface area contributed by atoms with E-state index in [1.165, 1.54) is 6.07 Å². The van der Waals surface area contributed by atoms with Crippen molar-refractivity contribution >= 4 is 23.3 Å². The number of pyridine rings is 1. The second-order valence-electron chi connectivity index (χ2n) is 6.07. The molecule has 0 aliphatic heterocycles. The Bertz CT molecular complexity index is 1210. The molecule has 1 N–H and O–H groups in total. The van der Waals surface area contributed by atoms with Crippen LogP contribution in [0.3, 0.4) is 0 Å². The van der Waals surface area contributed by atoms with Crippen molar-refractivity contribution < 1.29 is 13.9 Å². The van der Waals surface area contributed by atoms with Crippen LogP contribution in [0.15, 0.2) is 66.9 Å². The first kappa shape index (κ1) is 19.3. The maximum absolute atomic E-state index is 13.8. The lowest BCUT2D eigenvalue weighted by Crippen LogP contribution is -1.92. The third-order valence-electron chi connectivity index (χ3n) is 4.36. The van der Waals surface area contributed by atoms with Gasteiger partial charge in [-0.05, 0) is 53.1 Å². The predicted molar refractivity (Wildman–Crippen MR) is 106 cm³/mol. The number of phenolic OH excluding ortho intramolecular Hbond substituents is 1. The molecule has 0 amide bonds. The van der Waals surface area contributed by atoms with Crippen molar-refractivity contribution in [2.24, 2.45) is 0 Å². The van der Waals surface area contributed by atoms with E-state index in [0.717, 1.165) is 34.7 Å². The minimum Gasteiger partial charge on any atom is -0.506 e. The smallest absolute Gasteiger partial charge is 0.141 e. The van der Waals surface area contributed by atoms with Crippen LogP contribution in [0.2, 0.25) is 0 Å². The number of nitriles is 1. The summed E-state index contributed by atoms with van der Waals surface area (Å²) in [5.41, 5.74) is 2.48. The average Bonchev–Trinajstić information content (AvgIpc) is 2.66. The molecule has 0 aliphatic carbocycles. The van der Waals surface area contributed by atoms with Crippen LogP contribution >= 0.6 is 12.4 Å². The molecule has 4 rings (SSSR count). The van der Waals surface area contributed by atoms with E-state index >= 15 is 0 Å². The van der Waals surface area contributed by atoms with Crippen LogP contribution in [-0.4, -0.2) is 10.1 Å². The van der Waals surface area contributed by atoms with Crippen molar-refractivity contribution in [1.82, 2.24) is 4.98 Å². The van der Waals surface area contributed by atoms with Crippen LogP contribution in [0, 0.1) is 23.0 Å². The second-order valence-corrected chi connectivity index (χ2v) is 6.07. The number of nitrogens with zero attached hydrogens (tertiary/aromatic N) is 2. The van der Waals surface area contributed by atoms with E-state index in [2.05, 4.69) is 4.98 Å². The number of halogens is 3. The summed E-state index contributed by atoms with van der Waals surface area (Å²) in [6, 6.07) is 17.3. The zero-order chi connectivity index (χ0) is 19.0. The van der Waals surface area contributed by atoms with Gasteiger partial charge in [-0.15, -0.1) is 12.4 Å². The van der Waals surface area contributed by atoms with Gasteiger partial charge in [0.05, 0.1) is 11.1 Å². The number of aromatic hydroxyl groups is 1. The maximum atomic E-state index is 13.8. The second kappa shape index (κ2) is 7.63. The van der Waals surface area contributed by atoms with E-state index in [-0.39, 0.29) is 34.8 Å². The lowest BCUT2D eigenvalue weighted by Gasteiger charge is -2.14. The molecule has 3 nitrogen and oxygen atoms in total. The Kier molecular flexibility index (Phi) is 5.25. The van der Waals surface area contributed by atoms with Gasteiger partial charge in [0.25, 0.3) is 0 Å². The summed E-state index contributed by atoms with van der Waals surface area (Å²) in [7, 11) is 0. The zero-order valence-corrected chi connectivity index (χ0v) is 15.2. The molecule has 0 aliphatic rings. The van der Waals surface area contributed by atoms with Gasteiger partial charge in [0, 0.05) is 23.2 Å². The number of hydrogen-bond donors (Lipinski definition) is 1. The first-order chi connectivity index (χ1) is 13.1. The van der Waals surface area contributed by atoms with E-state index in [0.29, 0.717) is 5.56 Å². The third kappa shape index (κ3) is 3.38. The fourth-order valence-corrected chi connectivity index (χ4v) is 3.16. The Morgan fingerprint density at radius 1 is 0.893 bits per heavy atom. The first-order valence-electron chi connectivity index (χ1n) is 8.14. The fraction of sp³-hybridized carbons (Fsp3) is 0. The Balaban J connectivity index is 0.00000225. The van der Waals surface area contributed by atoms with E-state index < -0.39 is 11.6 Å². The molecule has 4 aromatic rings. The molecule has 1 aromatic heterocycles. The van der Waals surface area contributed by atoms with Gasteiger partial charge in [-0.1, -0.05) is 18.2 Å². The fourth-order valence-electron chi connectivity index (χ4n) is 3.16. The van der Waals surface area contributed by atoms with E-state index in [1.54, 1.807) is 12.3 Å². The molecule has 0 fully saturated rings. The standard InChI is InChI=1S/C22H12F2N2O.ClH/c23-17-9-16(10-18(24)11-17)21-19(5-3-15(12-25)22(21)27)13-4-6-20-14(8-13)2-1-7-26-20;/h1-11,27H;1H. The molecule has 3 aromatic carbocycles. The van der Waals surface area contributed by atoms with Crippen LogP contribution in [0.4, 0.5) is 8.78 Å². The summed E-state index contributed by atoms with van der Waals surface area (Å²) in [5, 5.41) is 20.7. The van der Waals surface area contributed by atoms with E-state index in [4.69, 9.17) is 0 Å². The highest BCUT2D eigenvalue weighted by atomic mass is 35.5. The molecule has 28 heavy (non-hydrogen) atoms. The summed E-state index contributed by atoms with van der Waals surface area (Å²) in [6.45, 7) is 0. The Labute approximate surface area is 165 Å². The molecular formula is C22H13ClF2N2O. The molecule has 0 atom stereocenters. The highest BCUT2D eigenvalue weighted by molar-refractivity contribution is 5.92. The van der Waals surface area contributed by atoms with Gasteiger partial charge in [0.15, 0.2) is 0 Å². The van der Waals surface area contributed by atoms with Crippen LogP contribution in [0.1, 0.15) is 5.56 Å². The topological polar surface area (TPSA) is 56.9 Å². The molecule has 0 saturated heterocycles. The van der Waals surface area contributed by atoms with Crippen molar-refractivity contribution in [3.8, 4) is 34.1 Å². The number of fused-ring (bicyclic) bond motifs is 1. The molecular weight excluding hydrogens is 382 g/mol. The minimum atomic E-state index is -0.763. The molecule has 0 bridgehead atoms.